The predicted octanol–water partition coefficient (Wildman–Crippen LogP) is 4.64. The monoisotopic (exact) mass is 559 g/mol. The molecule has 0 radical (unpaired) electrons. The van der Waals surface area contributed by atoms with Gasteiger partial charge in [-0.25, -0.2) is 14.6 Å². The van der Waals surface area contributed by atoms with Crippen molar-refractivity contribution in [2.45, 2.75) is 56.1 Å². The molecule has 3 aliphatic rings. The number of nitrogens with one attached hydrogen (secondary N) is 2. The maximum Gasteiger partial charge on any atom is 0.417 e. The Morgan fingerprint density at radius 3 is 2.55 bits per heavy atom. The third kappa shape index (κ3) is 4.57. The Bertz CT molecular complexity index is 1460. The number of rotatable bonds is 2. The van der Waals surface area contributed by atoms with Crippen molar-refractivity contribution in [3.8, 4) is 16.9 Å². The molecule has 3 amide bonds. The van der Waals surface area contributed by atoms with Gasteiger partial charge in [-0.2, -0.15) is 13.2 Å². The van der Waals surface area contributed by atoms with Gasteiger partial charge in [0.15, 0.2) is 5.60 Å². The largest absolute Gasteiger partial charge is 0.491 e. The molecule has 4 heterocycles. The molecule has 3 N–H and O–H groups in total. The maximum atomic E-state index is 13.6. The van der Waals surface area contributed by atoms with Gasteiger partial charge >= 0.3 is 18.3 Å². The number of aromatic amines is 1. The van der Waals surface area contributed by atoms with Crippen LogP contribution in [0.25, 0.3) is 22.2 Å². The number of urea groups is 1. The Morgan fingerprint density at radius 1 is 1.15 bits per heavy atom. The van der Waals surface area contributed by atoms with Crippen LogP contribution in [0.3, 0.4) is 0 Å². The first kappa shape index (κ1) is 26.2. The lowest BCUT2D eigenvalue weighted by Gasteiger charge is -2.45. The highest BCUT2D eigenvalue weighted by molar-refractivity contribution is 5.88. The molecule has 3 aliphatic heterocycles. The summed E-state index contributed by atoms with van der Waals surface area (Å²) in [6.45, 7) is 0.781. The number of halogens is 3. The lowest BCUT2D eigenvalue weighted by molar-refractivity contribution is -0.277. The number of ether oxygens (including phenoxy) is 2. The van der Waals surface area contributed by atoms with E-state index < -0.39 is 42.8 Å². The lowest BCUT2D eigenvalue weighted by atomic mass is 9.85. The first-order chi connectivity index (χ1) is 19.0. The standard InChI is InChI=1S/C27H28F3N5O5/c1-39-24(36)33-23-31-20-6-2-16(11-21(20)32-23)15-3-7-22-17(10-15)14-34(8-9-40-22)25(37)35-18-4-5-19(35)13-26(38,12-18)27(28,29)30/h2-3,6-7,10-11,18-19,38H,4-5,8-9,12-14H2,1H3,(H2,31,32,33,36). The van der Waals surface area contributed by atoms with Crippen LogP contribution in [-0.2, 0) is 11.3 Å². The summed E-state index contributed by atoms with van der Waals surface area (Å²) >= 11 is 0. The van der Waals surface area contributed by atoms with Gasteiger partial charge in [-0.1, -0.05) is 12.1 Å². The van der Waals surface area contributed by atoms with Crippen molar-refractivity contribution in [1.82, 2.24) is 19.8 Å². The van der Waals surface area contributed by atoms with Gasteiger partial charge in [0.1, 0.15) is 12.4 Å². The minimum Gasteiger partial charge on any atom is -0.491 e. The fourth-order valence-electron chi connectivity index (χ4n) is 6.07. The van der Waals surface area contributed by atoms with Crippen LogP contribution in [0.2, 0.25) is 0 Å². The number of methoxy groups -OCH3 is 1. The van der Waals surface area contributed by atoms with Crippen molar-refractivity contribution < 1.29 is 37.3 Å². The quantitative estimate of drug-likeness (QED) is 0.421. The van der Waals surface area contributed by atoms with Crippen LogP contribution in [-0.4, -0.2) is 81.1 Å². The second-order valence-corrected chi connectivity index (χ2v) is 10.5. The molecule has 0 spiro atoms. The van der Waals surface area contributed by atoms with Crippen LogP contribution < -0.4 is 10.1 Å². The van der Waals surface area contributed by atoms with Crippen molar-refractivity contribution in [2.24, 2.45) is 0 Å². The van der Waals surface area contributed by atoms with E-state index >= 15 is 0 Å². The molecule has 2 unspecified atom stereocenters. The number of hydrogen-bond donors (Lipinski definition) is 3. The number of aliphatic hydroxyl groups is 1. The molecule has 0 saturated carbocycles. The summed E-state index contributed by atoms with van der Waals surface area (Å²) in [5, 5.41) is 12.8. The van der Waals surface area contributed by atoms with Gasteiger partial charge in [0.25, 0.3) is 0 Å². The topological polar surface area (TPSA) is 120 Å². The normalized spacial score (nSPS) is 24.3. The number of carbonyl (C=O) groups excluding carboxylic acids is 2. The molecule has 3 aromatic rings. The van der Waals surface area contributed by atoms with Crippen LogP contribution >= 0.6 is 0 Å². The fraction of sp³-hybridized carbons (Fsp3) is 0.444. The second kappa shape index (κ2) is 9.58. The zero-order chi connectivity index (χ0) is 28.2. The molecule has 2 saturated heterocycles. The number of hydrogen-bond acceptors (Lipinski definition) is 6. The maximum absolute atomic E-state index is 13.6. The first-order valence-corrected chi connectivity index (χ1v) is 13.0. The van der Waals surface area contributed by atoms with E-state index in [1.54, 1.807) is 9.80 Å². The van der Waals surface area contributed by atoms with Crippen molar-refractivity contribution >= 4 is 29.1 Å². The Kier molecular flexibility index (Phi) is 6.28. The highest BCUT2D eigenvalue weighted by Crippen LogP contribution is 2.48. The molecule has 2 aromatic carbocycles. The molecule has 2 bridgehead atoms. The van der Waals surface area contributed by atoms with Crippen LogP contribution in [0, 0.1) is 0 Å². The smallest absolute Gasteiger partial charge is 0.417 e. The van der Waals surface area contributed by atoms with E-state index in [-0.39, 0.29) is 25.1 Å². The molecule has 212 valence electrons. The molecule has 40 heavy (non-hydrogen) atoms. The Morgan fingerprint density at radius 2 is 1.85 bits per heavy atom. The molecule has 2 atom stereocenters. The average Bonchev–Trinajstić information content (AvgIpc) is 3.34. The first-order valence-electron chi connectivity index (χ1n) is 13.0. The van der Waals surface area contributed by atoms with E-state index in [0.717, 1.165) is 16.7 Å². The number of piperidine rings is 1. The summed E-state index contributed by atoms with van der Waals surface area (Å²) in [6.07, 6.45) is -5.50. The van der Waals surface area contributed by atoms with Crippen molar-refractivity contribution in [2.75, 3.05) is 25.6 Å². The molecule has 2 fully saturated rings. The Hall–Kier alpha value is -4.00. The zero-order valence-electron chi connectivity index (χ0n) is 21.6. The number of alkyl halides is 3. The highest BCUT2D eigenvalue weighted by Gasteiger charge is 2.61. The van der Waals surface area contributed by atoms with E-state index in [0.29, 0.717) is 36.2 Å². The summed E-state index contributed by atoms with van der Waals surface area (Å²) in [6, 6.07) is 9.62. The number of H-pyrrole nitrogens is 1. The minimum absolute atomic E-state index is 0.237. The predicted molar refractivity (Wildman–Crippen MR) is 138 cm³/mol. The summed E-state index contributed by atoms with van der Waals surface area (Å²) in [4.78, 5) is 35.6. The van der Waals surface area contributed by atoms with E-state index in [1.807, 2.05) is 36.4 Å². The molecule has 6 rings (SSSR count). The third-order valence-electron chi connectivity index (χ3n) is 8.05. The number of carbonyl (C=O) groups is 2. The van der Waals surface area contributed by atoms with Crippen molar-refractivity contribution in [1.29, 1.82) is 0 Å². The van der Waals surface area contributed by atoms with Crippen LogP contribution in [0.15, 0.2) is 36.4 Å². The minimum atomic E-state index is -4.73. The number of benzene rings is 2. The molecule has 10 nitrogen and oxygen atoms in total. The number of anilines is 1. The zero-order valence-corrected chi connectivity index (χ0v) is 21.6. The molecular formula is C27H28F3N5O5. The van der Waals surface area contributed by atoms with Gasteiger partial charge in [0, 0.05) is 30.5 Å². The molecule has 0 aliphatic carbocycles. The van der Waals surface area contributed by atoms with Gasteiger partial charge in [0.05, 0.1) is 31.2 Å². The molecule has 13 heteroatoms. The van der Waals surface area contributed by atoms with Gasteiger partial charge in [-0.05, 0) is 48.2 Å². The van der Waals surface area contributed by atoms with E-state index in [4.69, 9.17) is 4.74 Å². The summed E-state index contributed by atoms with van der Waals surface area (Å²) in [7, 11) is 1.26. The van der Waals surface area contributed by atoms with Crippen LogP contribution in [0.4, 0.5) is 28.7 Å². The number of amides is 3. The number of aromatic nitrogens is 2. The molecule has 1 aromatic heterocycles. The summed E-state index contributed by atoms with van der Waals surface area (Å²) in [5.74, 6) is 0.892. The SMILES string of the molecule is COC(=O)Nc1nc2ccc(-c3ccc4c(c3)CN(C(=O)N3C5CCC3CC(O)(C(F)(F)F)C5)CCO4)cc2[nH]1. The van der Waals surface area contributed by atoms with E-state index in [9.17, 15) is 27.9 Å². The Labute approximate surface area is 227 Å². The van der Waals surface area contributed by atoms with Crippen LogP contribution in [0.1, 0.15) is 31.2 Å². The van der Waals surface area contributed by atoms with E-state index in [1.165, 1.54) is 7.11 Å². The number of fused-ring (bicyclic) bond motifs is 4. The Balaban J connectivity index is 1.22. The van der Waals surface area contributed by atoms with E-state index in [2.05, 4.69) is 20.0 Å². The number of nitrogens with zero attached hydrogens (tertiary/aromatic N) is 3. The average molecular weight is 560 g/mol. The summed E-state index contributed by atoms with van der Waals surface area (Å²) < 4.78 is 51.1. The van der Waals surface area contributed by atoms with Gasteiger partial charge in [-0.15, -0.1) is 0 Å². The highest BCUT2D eigenvalue weighted by atomic mass is 19.4. The van der Waals surface area contributed by atoms with Gasteiger partial charge in [0.2, 0.25) is 5.95 Å². The van der Waals surface area contributed by atoms with Gasteiger partial charge in [-0.3, -0.25) is 5.32 Å². The van der Waals surface area contributed by atoms with Crippen molar-refractivity contribution in [3.63, 3.8) is 0 Å². The second-order valence-electron chi connectivity index (χ2n) is 10.5. The van der Waals surface area contributed by atoms with Crippen LogP contribution in [0.5, 0.6) is 5.75 Å². The number of imidazole rings is 1. The molecular weight excluding hydrogens is 531 g/mol. The lowest BCUT2D eigenvalue weighted by Crippen LogP contribution is -2.60. The third-order valence-corrected chi connectivity index (χ3v) is 8.05. The summed E-state index contributed by atoms with van der Waals surface area (Å²) in [5.41, 5.74) is 1.10. The van der Waals surface area contributed by atoms with Gasteiger partial charge < -0.3 is 29.4 Å². The van der Waals surface area contributed by atoms with Crippen molar-refractivity contribution in [3.05, 3.63) is 42.0 Å². The fourth-order valence-corrected chi connectivity index (χ4v) is 6.07.